The average molecular weight is 346 g/mol. The lowest BCUT2D eigenvalue weighted by molar-refractivity contribution is -0.136. The molecule has 130 valence electrons. The van der Waals surface area contributed by atoms with Gasteiger partial charge in [-0.3, -0.25) is 0 Å². The lowest BCUT2D eigenvalue weighted by atomic mass is 9.92. The van der Waals surface area contributed by atoms with Crippen LogP contribution >= 0.6 is 0 Å². The Morgan fingerprint density at radius 3 is 2.36 bits per heavy atom. The van der Waals surface area contributed by atoms with Crippen LogP contribution in [0.5, 0.6) is 5.75 Å². The van der Waals surface area contributed by atoms with Crippen molar-refractivity contribution in [1.29, 1.82) is 0 Å². The maximum atomic E-state index is 13.1. The van der Waals surface area contributed by atoms with Gasteiger partial charge in [-0.2, -0.15) is 8.78 Å². The quantitative estimate of drug-likeness (QED) is 0.450. The maximum absolute atomic E-state index is 13.1. The summed E-state index contributed by atoms with van der Waals surface area (Å²) in [5.41, 5.74) is 0.927. The van der Waals surface area contributed by atoms with Gasteiger partial charge in [0.15, 0.2) is 0 Å². The number of carbonyl (C=O) groups is 2. The topological polar surface area (TPSA) is 52.6 Å². The Balaban J connectivity index is 1.97. The highest BCUT2D eigenvalue weighted by atomic mass is 19.1. The summed E-state index contributed by atoms with van der Waals surface area (Å²) >= 11 is 0. The third-order valence-electron chi connectivity index (χ3n) is 3.47. The van der Waals surface area contributed by atoms with Crippen molar-refractivity contribution in [2.75, 3.05) is 0 Å². The molecule has 0 saturated heterocycles. The van der Waals surface area contributed by atoms with Crippen molar-refractivity contribution in [2.24, 2.45) is 0 Å². The van der Waals surface area contributed by atoms with E-state index in [1.807, 2.05) is 6.08 Å². The smallest absolute Gasteiger partial charge is 0.372 e. The number of benzene rings is 1. The molecule has 1 aliphatic carbocycles. The van der Waals surface area contributed by atoms with Gasteiger partial charge >= 0.3 is 11.9 Å². The Morgan fingerprint density at radius 1 is 1.16 bits per heavy atom. The molecule has 1 aliphatic rings. The van der Waals surface area contributed by atoms with Gasteiger partial charge in [0.25, 0.3) is 0 Å². The molecule has 0 N–H and O–H groups in total. The Morgan fingerprint density at radius 2 is 1.84 bits per heavy atom. The van der Waals surface area contributed by atoms with E-state index in [1.165, 1.54) is 6.92 Å². The van der Waals surface area contributed by atoms with Crippen molar-refractivity contribution >= 4 is 11.9 Å². The molecule has 6 heteroatoms. The third kappa shape index (κ3) is 4.97. The van der Waals surface area contributed by atoms with Crippen molar-refractivity contribution in [3.05, 3.63) is 78.1 Å². The molecular formula is C19H16F2O4. The molecule has 1 aromatic carbocycles. The molecule has 0 spiro atoms. The molecule has 0 fully saturated rings. The second kappa shape index (κ2) is 8.19. The summed E-state index contributed by atoms with van der Waals surface area (Å²) in [5, 5.41) is 0. The van der Waals surface area contributed by atoms with E-state index in [9.17, 15) is 18.4 Å². The summed E-state index contributed by atoms with van der Waals surface area (Å²) in [7, 11) is 0. The van der Waals surface area contributed by atoms with Crippen LogP contribution in [0.4, 0.5) is 8.78 Å². The number of hydrogen-bond acceptors (Lipinski definition) is 4. The molecule has 25 heavy (non-hydrogen) atoms. The van der Waals surface area contributed by atoms with Crippen LogP contribution < -0.4 is 4.74 Å². The first-order valence-electron chi connectivity index (χ1n) is 7.49. The first kappa shape index (κ1) is 18.3. The van der Waals surface area contributed by atoms with E-state index in [2.05, 4.69) is 6.58 Å². The number of ether oxygens (including phenoxy) is 2. The molecule has 0 bridgehead atoms. The minimum absolute atomic E-state index is 0.0231. The normalized spacial score (nSPS) is 16.8. The summed E-state index contributed by atoms with van der Waals surface area (Å²) in [5.74, 6) is -3.76. The van der Waals surface area contributed by atoms with Gasteiger partial charge in [0.2, 0.25) is 11.7 Å². The molecule has 1 aromatic rings. The van der Waals surface area contributed by atoms with E-state index in [-0.39, 0.29) is 17.4 Å². The zero-order chi connectivity index (χ0) is 18.4. The summed E-state index contributed by atoms with van der Waals surface area (Å²) in [6.45, 7) is 4.27. The van der Waals surface area contributed by atoms with Gasteiger partial charge < -0.3 is 9.47 Å². The van der Waals surface area contributed by atoms with E-state index in [0.29, 0.717) is 6.42 Å². The molecule has 0 saturated carbocycles. The fourth-order valence-electron chi connectivity index (χ4n) is 2.14. The van der Waals surface area contributed by atoms with E-state index >= 15 is 0 Å². The molecule has 4 nitrogen and oxygen atoms in total. The number of carbonyl (C=O) groups excluding carboxylic acids is 2. The van der Waals surface area contributed by atoms with Crippen molar-refractivity contribution in [3.63, 3.8) is 0 Å². The monoisotopic (exact) mass is 346 g/mol. The highest BCUT2D eigenvalue weighted by Crippen LogP contribution is 2.28. The lowest BCUT2D eigenvalue weighted by Crippen LogP contribution is -2.08. The standard InChI is InChI=1S/C19H16F2O4/c1-3-17(21)19(23)25-16-10-6-14(7-11-16)13-4-8-15(9-5-13)24-18(22)12(2)20/h3-6,8-11,14H,2,7H2,1H3. The van der Waals surface area contributed by atoms with Gasteiger partial charge in [0, 0.05) is 5.92 Å². The number of halogens is 2. The molecule has 0 radical (unpaired) electrons. The summed E-state index contributed by atoms with van der Waals surface area (Å²) in [4.78, 5) is 22.5. The number of hydrogen-bond donors (Lipinski definition) is 0. The molecule has 2 rings (SSSR count). The number of esters is 2. The predicted octanol–water partition coefficient (Wildman–Crippen LogP) is 4.42. The molecule has 1 unspecified atom stereocenters. The van der Waals surface area contributed by atoms with Crippen molar-refractivity contribution in [3.8, 4) is 5.75 Å². The molecular weight excluding hydrogens is 330 g/mol. The van der Waals surface area contributed by atoms with Crippen molar-refractivity contribution in [1.82, 2.24) is 0 Å². The van der Waals surface area contributed by atoms with Gasteiger partial charge in [0.05, 0.1) is 0 Å². The van der Waals surface area contributed by atoms with Crippen LogP contribution in [-0.4, -0.2) is 11.9 Å². The molecule has 1 atom stereocenters. The number of allylic oxidation sites excluding steroid dienone is 4. The van der Waals surface area contributed by atoms with Gasteiger partial charge in [0.1, 0.15) is 11.5 Å². The van der Waals surface area contributed by atoms with Crippen molar-refractivity contribution < 1.29 is 27.8 Å². The van der Waals surface area contributed by atoms with Crippen LogP contribution in [-0.2, 0) is 14.3 Å². The Bertz CT molecular complexity index is 773. The summed E-state index contributed by atoms with van der Waals surface area (Å²) in [6.07, 6.45) is 6.69. The molecule has 0 aliphatic heterocycles. The van der Waals surface area contributed by atoms with E-state index < -0.39 is 23.6 Å². The van der Waals surface area contributed by atoms with Gasteiger partial charge in [-0.05, 0) is 49.3 Å². The first-order chi connectivity index (χ1) is 11.9. The zero-order valence-corrected chi connectivity index (χ0v) is 13.5. The van der Waals surface area contributed by atoms with Crippen LogP contribution in [0.3, 0.4) is 0 Å². The summed E-state index contributed by atoms with van der Waals surface area (Å²) in [6, 6.07) is 6.57. The van der Waals surface area contributed by atoms with Crippen LogP contribution in [0.2, 0.25) is 0 Å². The fraction of sp³-hybridized carbons (Fsp3) is 0.158. The van der Waals surface area contributed by atoms with Gasteiger partial charge in [-0.1, -0.05) is 24.8 Å². The minimum atomic E-state index is -1.17. The Labute approximate surface area is 143 Å². The van der Waals surface area contributed by atoms with Crippen LogP contribution in [0.1, 0.15) is 24.8 Å². The number of rotatable bonds is 5. The SMILES string of the molecule is C=C(F)C(=O)Oc1ccc(C2C=CC(OC(=O)C(F)=CC)=CC2)cc1. The molecule has 0 amide bonds. The van der Waals surface area contributed by atoms with Crippen LogP contribution in [0.25, 0.3) is 0 Å². The average Bonchev–Trinajstić information content (AvgIpc) is 2.62. The third-order valence-corrected chi connectivity index (χ3v) is 3.47. The molecule has 0 heterocycles. The fourth-order valence-corrected chi connectivity index (χ4v) is 2.14. The largest absolute Gasteiger partial charge is 0.422 e. The highest BCUT2D eigenvalue weighted by molar-refractivity contribution is 5.87. The van der Waals surface area contributed by atoms with E-state index in [0.717, 1.165) is 11.6 Å². The highest BCUT2D eigenvalue weighted by Gasteiger charge is 2.16. The van der Waals surface area contributed by atoms with E-state index in [1.54, 1.807) is 36.4 Å². The van der Waals surface area contributed by atoms with E-state index in [4.69, 9.17) is 9.47 Å². The minimum Gasteiger partial charge on any atom is -0.422 e. The van der Waals surface area contributed by atoms with Crippen LogP contribution in [0.15, 0.2) is 72.6 Å². The molecule has 0 aromatic heterocycles. The maximum Gasteiger partial charge on any atom is 0.372 e. The Hall–Kier alpha value is -3.02. The first-order valence-corrected chi connectivity index (χ1v) is 7.49. The Kier molecular flexibility index (Phi) is 6.00. The zero-order valence-electron chi connectivity index (χ0n) is 13.5. The second-order valence-electron chi connectivity index (χ2n) is 5.20. The van der Waals surface area contributed by atoms with Crippen molar-refractivity contribution in [2.45, 2.75) is 19.3 Å². The predicted molar refractivity (Wildman–Crippen MR) is 87.9 cm³/mol. The van der Waals surface area contributed by atoms with Gasteiger partial charge in [-0.25, -0.2) is 9.59 Å². The summed E-state index contributed by atoms with van der Waals surface area (Å²) < 4.78 is 35.3. The van der Waals surface area contributed by atoms with Gasteiger partial charge in [-0.15, -0.1) is 0 Å². The lowest BCUT2D eigenvalue weighted by Gasteiger charge is -2.16. The van der Waals surface area contributed by atoms with Crippen LogP contribution in [0, 0.1) is 0 Å². The second-order valence-corrected chi connectivity index (χ2v) is 5.20.